The summed E-state index contributed by atoms with van der Waals surface area (Å²) < 4.78 is 0. The molecule has 0 heterocycles. The number of hydrogen-bond donors (Lipinski definition) is 2. The van der Waals surface area contributed by atoms with E-state index in [4.69, 9.17) is 0 Å². The van der Waals surface area contributed by atoms with Crippen molar-refractivity contribution in [2.24, 2.45) is 0 Å². The molecule has 1 fully saturated rings. The van der Waals surface area contributed by atoms with Crippen LogP contribution in [0.2, 0.25) is 0 Å². The number of thioether (sulfide) groups is 1. The van der Waals surface area contributed by atoms with E-state index >= 15 is 0 Å². The van der Waals surface area contributed by atoms with E-state index in [-0.39, 0.29) is 11.7 Å². The molecule has 4 nitrogen and oxygen atoms in total. The fraction of sp³-hybridized carbons (Fsp3) is 0.500. The first kappa shape index (κ1) is 15.9. The van der Waals surface area contributed by atoms with E-state index in [1.54, 1.807) is 0 Å². The van der Waals surface area contributed by atoms with Crippen molar-refractivity contribution >= 4 is 23.6 Å². The van der Waals surface area contributed by atoms with E-state index < -0.39 is 11.5 Å². The van der Waals surface area contributed by atoms with Crippen molar-refractivity contribution in [2.75, 3.05) is 5.75 Å². The van der Waals surface area contributed by atoms with E-state index in [1.165, 1.54) is 17.3 Å². The Morgan fingerprint density at radius 2 is 1.90 bits per heavy atom. The van der Waals surface area contributed by atoms with Crippen LogP contribution < -0.4 is 5.32 Å². The summed E-state index contributed by atoms with van der Waals surface area (Å²) in [6.45, 7) is 4.28. The van der Waals surface area contributed by atoms with Gasteiger partial charge in [0.15, 0.2) is 0 Å². The van der Waals surface area contributed by atoms with Crippen LogP contribution in [-0.2, 0) is 9.59 Å². The van der Waals surface area contributed by atoms with Gasteiger partial charge in [0, 0.05) is 4.90 Å². The molecule has 0 saturated heterocycles. The van der Waals surface area contributed by atoms with Crippen molar-refractivity contribution in [1.29, 1.82) is 0 Å². The molecule has 0 radical (unpaired) electrons. The number of nitrogens with one attached hydrogen (secondary N) is 1. The standard InChI is InChI=1S/C16H21NO3S/c1-11(2)12-4-6-13(7-5-12)21-10-14(18)17-16(15(19)20)8-3-9-16/h4-7,11H,3,8-10H2,1-2H3,(H,17,18)(H,19,20). The maximum atomic E-state index is 11.9. The van der Waals surface area contributed by atoms with Crippen molar-refractivity contribution in [3.05, 3.63) is 29.8 Å². The van der Waals surface area contributed by atoms with Crippen LogP contribution in [0.3, 0.4) is 0 Å². The molecule has 1 aliphatic carbocycles. The summed E-state index contributed by atoms with van der Waals surface area (Å²) in [6.07, 6.45) is 1.92. The molecule has 0 unspecified atom stereocenters. The van der Waals surface area contributed by atoms with Gasteiger partial charge in [-0.3, -0.25) is 4.79 Å². The Hall–Kier alpha value is -1.49. The van der Waals surface area contributed by atoms with E-state index in [2.05, 4.69) is 31.3 Å². The van der Waals surface area contributed by atoms with Gasteiger partial charge < -0.3 is 10.4 Å². The van der Waals surface area contributed by atoms with Crippen LogP contribution in [0.25, 0.3) is 0 Å². The first-order valence-corrected chi connectivity index (χ1v) is 8.19. The second kappa shape index (κ2) is 6.52. The van der Waals surface area contributed by atoms with E-state index in [9.17, 15) is 14.7 Å². The minimum Gasteiger partial charge on any atom is -0.480 e. The van der Waals surface area contributed by atoms with Gasteiger partial charge in [0.1, 0.15) is 5.54 Å². The molecule has 1 aromatic carbocycles. The fourth-order valence-corrected chi connectivity index (χ4v) is 3.02. The minimum absolute atomic E-state index is 0.213. The zero-order valence-corrected chi connectivity index (χ0v) is 13.2. The highest BCUT2D eigenvalue weighted by atomic mass is 32.2. The number of hydrogen-bond acceptors (Lipinski definition) is 3. The van der Waals surface area contributed by atoms with Crippen LogP contribution in [-0.4, -0.2) is 28.3 Å². The summed E-state index contributed by atoms with van der Waals surface area (Å²) in [7, 11) is 0. The van der Waals surface area contributed by atoms with Crippen LogP contribution in [0, 0.1) is 0 Å². The monoisotopic (exact) mass is 307 g/mol. The lowest BCUT2D eigenvalue weighted by Crippen LogP contribution is -2.59. The normalized spacial score (nSPS) is 16.3. The first-order valence-electron chi connectivity index (χ1n) is 7.20. The lowest BCUT2D eigenvalue weighted by Gasteiger charge is -2.38. The third-order valence-electron chi connectivity index (χ3n) is 3.91. The van der Waals surface area contributed by atoms with Gasteiger partial charge in [-0.05, 0) is 42.9 Å². The highest BCUT2D eigenvalue weighted by Gasteiger charge is 2.45. The second-order valence-corrected chi connectivity index (χ2v) is 6.85. The minimum atomic E-state index is -1.01. The topological polar surface area (TPSA) is 66.4 Å². The van der Waals surface area contributed by atoms with E-state index in [0.717, 1.165) is 11.3 Å². The Balaban J connectivity index is 1.85. The molecule has 1 aliphatic rings. The van der Waals surface area contributed by atoms with E-state index in [1.807, 2.05) is 12.1 Å². The Bertz CT molecular complexity index is 521. The number of carbonyl (C=O) groups excluding carboxylic acids is 1. The molecule has 5 heteroatoms. The van der Waals surface area contributed by atoms with Crippen molar-refractivity contribution in [2.45, 2.75) is 49.5 Å². The molecule has 2 N–H and O–H groups in total. The summed E-state index contributed by atoms with van der Waals surface area (Å²) in [5.41, 5.74) is 0.252. The van der Waals surface area contributed by atoms with Crippen molar-refractivity contribution in [3.8, 4) is 0 Å². The molecular formula is C16H21NO3S. The van der Waals surface area contributed by atoms with Crippen molar-refractivity contribution in [1.82, 2.24) is 5.32 Å². The van der Waals surface area contributed by atoms with Crippen LogP contribution >= 0.6 is 11.8 Å². The molecule has 1 amide bonds. The lowest BCUT2D eigenvalue weighted by atomic mass is 9.77. The van der Waals surface area contributed by atoms with Gasteiger partial charge in [-0.25, -0.2) is 4.79 Å². The van der Waals surface area contributed by atoms with Gasteiger partial charge in [0.25, 0.3) is 0 Å². The Kier molecular flexibility index (Phi) is 4.93. The molecule has 114 valence electrons. The smallest absolute Gasteiger partial charge is 0.329 e. The highest BCUT2D eigenvalue weighted by molar-refractivity contribution is 8.00. The maximum absolute atomic E-state index is 11.9. The summed E-state index contributed by atoms with van der Waals surface area (Å²) in [5.74, 6) is -0.402. The van der Waals surface area contributed by atoms with Gasteiger partial charge in [-0.2, -0.15) is 0 Å². The zero-order valence-electron chi connectivity index (χ0n) is 12.4. The number of benzene rings is 1. The number of rotatable bonds is 6. The molecule has 0 spiro atoms. The molecule has 2 rings (SSSR count). The Labute approximate surface area is 129 Å². The van der Waals surface area contributed by atoms with Gasteiger partial charge >= 0.3 is 5.97 Å². The predicted molar refractivity (Wildman–Crippen MR) is 83.6 cm³/mol. The van der Waals surface area contributed by atoms with Crippen LogP contribution in [0.1, 0.15) is 44.6 Å². The zero-order chi connectivity index (χ0) is 15.5. The van der Waals surface area contributed by atoms with Gasteiger partial charge in [0.2, 0.25) is 5.91 Å². The summed E-state index contributed by atoms with van der Waals surface area (Å²) in [5, 5.41) is 11.8. The second-order valence-electron chi connectivity index (χ2n) is 5.80. The molecule has 0 aliphatic heterocycles. The molecule has 0 atom stereocenters. The largest absolute Gasteiger partial charge is 0.480 e. The average Bonchev–Trinajstić information content (AvgIpc) is 2.40. The molecule has 0 bridgehead atoms. The third kappa shape index (κ3) is 3.79. The summed E-state index contributed by atoms with van der Waals surface area (Å²) in [4.78, 5) is 24.1. The highest BCUT2D eigenvalue weighted by Crippen LogP contribution is 2.32. The van der Waals surface area contributed by atoms with Crippen LogP contribution in [0.5, 0.6) is 0 Å². The molecule has 0 aromatic heterocycles. The van der Waals surface area contributed by atoms with Crippen molar-refractivity contribution < 1.29 is 14.7 Å². The van der Waals surface area contributed by atoms with E-state index in [0.29, 0.717) is 18.8 Å². The summed E-state index contributed by atoms with van der Waals surface area (Å²) in [6, 6.07) is 8.14. The number of aliphatic carboxylic acids is 1. The first-order chi connectivity index (χ1) is 9.93. The predicted octanol–water partition coefficient (Wildman–Crippen LogP) is 3.03. The average molecular weight is 307 g/mol. The number of carbonyl (C=O) groups is 2. The molecule has 1 saturated carbocycles. The van der Waals surface area contributed by atoms with Crippen molar-refractivity contribution in [3.63, 3.8) is 0 Å². The number of amides is 1. The molecular weight excluding hydrogens is 286 g/mol. The number of carboxylic acids is 1. The van der Waals surface area contributed by atoms with Crippen LogP contribution in [0.15, 0.2) is 29.2 Å². The van der Waals surface area contributed by atoms with Crippen LogP contribution in [0.4, 0.5) is 0 Å². The Morgan fingerprint density at radius 3 is 2.33 bits per heavy atom. The summed E-state index contributed by atoms with van der Waals surface area (Å²) >= 11 is 1.43. The quantitative estimate of drug-likeness (QED) is 0.793. The SMILES string of the molecule is CC(C)c1ccc(SCC(=O)NC2(C(=O)O)CCC2)cc1. The Morgan fingerprint density at radius 1 is 1.29 bits per heavy atom. The molecule has 21 heavy (non-hydrogen) atoms. The fourth-order valence-electron chi connectivity index (χ4n) is 2.32. The maximum Gasteiger partial charge on any atom is 0.329 e. The van der Waals surface area contributed by atoms with Gasteiger partial charge in [-0.15, -0.1) is 11.8 Å². The number of carboxylic acid groups (broad SMARTS) is 1. The lowest BCUT2D eigenvalue weighted by molar-refractivity contribution is -0.151. The van der Waals surface area contributed by atoms with Gasteiger partial charge in [0.05, 0.1) is 5.75 Å². The molecule has 1 aromatic rings. The third-order valence-corrected chi connectivity index (χ3v) is 4.92. The van der Waals surface area contributed by atoms with Gasteiger partial charge in [-0.1, -0.05) is 26.0 Å².